The monoisotopic (exact) mass is 345 g/mol. The topological polar surface area (TPSA) is 44.8 Å². The lowest BCUT2D eigenvalue weighted by atomic mass is 10.2. The maximum Gasteiger partial charge on any atom is 0.322 e. The number of anilines is 1. The molecule has 0 saturated heterocycles. The standard InChI is InChI=1S/C19H24FN3O2/c1-22(2)12-13-23(14-15-8-4-5-9-16(15)20)19(24)21-17-10-6-7-11-18(17)25-3/h4-11H,12-14H2,1-3H3,(H,21,24). The van der Waals surface area contributed by atoms with Crippen LogP contribution in [0.15, 0.2) is 48.5 Å². The zero-order valence-corrected chi connectivity index (χ0v) is 14.8. The van der Waals surface area contributed by atoms with Gasteiger partial charge in [0.2, 0.25) is 0 Å². The summed E-state index contributed by atoms with van der Waals surface area (Å²) in [5, 5.41) is 2.85. The molecule has 0 fully saturated rings. The Balaban J connectivity index is 2.16. The van der Waals surface area contributed by atoms with Crippen molar-refractivity contribution in [3.63, 3.8) is 0 Å². The molecule has 0 heterocycles. The zero-order chi connectivity index (χ0) is 18.2. The number of para-hydroxylation sites is 2. The van der Waals surface area contributed by atoms with Crippen LogP contribution in [-0.4, -0.2) is 50.1 Å². The van der Waals surface area contributed by atoms with Gasteiger partial charge in [-0.3, -0.25) is 0 Å². The van der Waals surface area contributed by atoms with E-state index >= 15 is 0 Å². The van der Waals surface area contributed by atoms with Gasteiger partial charge in [0, 0.05) is 18.7 Å². The summed E-state index contributed by atoms with van der Waals surface area (Å²) < 4.78 is 19.2. The molecule has 0 unspecified atom stereocenters. The fourth-order valence-corrected chi connectivity index (χ4v) is 2.35. The fraction of sp³-hybridized carbons (Fsp3) is 0.316. The van der Waals surface area contributed by atoms with Crippen LogP contribution < -0.4 is 10.1 Å². The third kappa shape index (κ3) is 5.46. The molecular formula is C19H24FN3O2. The number of hydrogen-bond acceptors (Lipinski definition) is 3. The molecule has 0 saturated carbocycles. The van der Waals surface area contributed by atoms with Crippen molar-refractivity contribution in [1.82, 2.24) is 9.80 Å². The molecule has 2 aromatic carbocycles. The number of likely N-dealkylation sites (N-methyl/N-ethyl adjacent to an activating group) is 1. The minimum Gasteiger partial charge on any atom is -0.495 e. The number of carbonyl (C=O) groups is 1. The van der Waals surface area contributed by atoms with Crippen LogP contribution >= 0.6 is 0 Å². The van der Waals surface area contributed by atoms with Crippen LogP contribution in [0.25, 0.3) is 0 Å². The van der Waals surface area contributed by atoms with Gasteiger partial charge in [0.15, 0.2) is 0 Å². The van der Waals surface area contributed by atoms with E-state index in [0.29, 0.717) is 30.1 Å². The highest BCUT2D eigenvalue weighted by Crippen LogP contribution is 2.23. The van der Waals surface area contributed by atoms with Crippen LogP contribution in [0.2, 0.25) is 0 Å². The van der Waals surface area contributed by atoms with Gasteiger partial charge in [0.05, 0.1) is 19.3 Å². The molecule has 0 atom stereocenters. The highest BCUT2D eigenvalue weighted by molar-refractivity contribution is 5.91. The minimum atomic E-state index is -0.317. The first kappa shape index (κ1) is 18.7. The summed E-state index contributed by atoms with van der Waals surface area (Å²) in [6.45, 7) is 1.34. The van der Waals surface area contributed by atoms with Crippen LogP contribution in [-0.2, 0) is 6.54 Å². The molecule has 0 aromatic heterocycles. The molecule has 134 valence electrons. The van der Waals surface area contributed by atoms with E-state index in [9.17, 15) is 9.18 Å². The molecule has 0 spiro atoms. The van der Waals surface area contributed by atoms with E-state index < -0.39 is 0 Å². The number of nitrogens with one attached hydrogen (secondary N) is 1. The Morgan fingerprint density at radius 2 is 1.76 bits per heavy atom. The third-order valence-corrected chi connectivity index (χ3v) is 3.77. The molecule has 0 aliphatic rings. The van der Waals surface area contributed by atoms with Crippen molar-refractivity contribution in [3.8, 4) is 5.75 Å². The van der Waals surface area contributed by atoms with Gasteiger partial charge < -0.3 is 19.9 Å². The van der Waals surface area contributed by atoms with Crippen molar-refractivity contribution in [2.24, 2.45) is 0 Å². The van der Waals surface area contributed by atoms with Crippen LogP contribution in [0, 0.1) is 5.82 Å². The number of nitrogens with zero attached hydrogens (tertiary/aromatic N) is 2. The summed E-state index contributed by atoms with van der Waals surface area (Å²) in [5.41, 5.74) is 1.06. The third-order valence-electron chi connectivity index (χ3n) is 3.77. The molecule has 1 N–H and O–H groups in total. The minimum absolute atomic E-state index is 0.196. The number of ether oxygens (including phenoxy) is 1. The molecule has 6 heteroatoms. The number of amides is 2. The Bertz CT molecular complexity index is 707. The Kier molecular flexibility index (Phi) is 6.77. The molecule has 0 bridgehead atoms. The summed E-state index contributed by atoms with van der Waals surface area (Å²) in [6, 6.07) is 13.4. The van der Waals surface area contributed by atoms with Gasteiger partial charge in [-0.2, -0.15) is 0 Å². The highest BCUT2D eigenvalue weighted by atomic mass is 19.1. The highest BCUT2D eigenvalue weighted by Gasteiger charge is 2.17. The number of rotatable bonds is 7. The van der Waals surface area contributed by atoms with Crippen molar-refractivity contribution in [2.75, 3.05) is 39.6 Å². The van der Waals surface area contributed by atoms with Gasteiger partial charge in [0.25, 0.3) is 0 Å². The molecule has 2 rings (SSSR count). The maximum absolute atomic E-state index is 14.0. The second-order valence-electron chi connectivity index (χ2n) is 5.95. The predicted molar refractivity (Wildman–Crippen MR) is 97.4 cm³/mol. The quantitative estimate of drug-likeness (QED) is 0.836. The van der Waals surface area contributed by atoms with Crippen LogP contribution in [0.3, 0.4) is 0 Å². The Morgan fingerprint density at radius 1 is 1.08 bits per heavy atom. The lowest BCUT2D eigenvalue weighted by molar-refractivity contribution is 0.201. The average molecular weight is 345 g/mol. The number of hydrogen-bond donors (Lipinski definition) is 1. The maximum atomic E-state index is 14.0. The van der Waals surface area contributed by atoms with Crippen molar-refractivity contribution in [3.05, 3.63) is 59.9 Å². The Hall–Kier alpha value is -2.60. The SMILES string of the molecule is COc1ccccc1NC(=O)N(CCN(C)C)Cc1ccccc1F. The van der Waals surface area contributed by atoms with Gasteiger partial charge in [-0.15, -0.1) is 0 Å². The molecule has 2 aromatic rings. The largest absolute Gasteiger partial charge is 0.495 e. The second-order valence-corrected chi connectivity index (χ2v) is 5.95. The van der Waals surface area contributed by atoms with E-state index in [1.165, 1.54) is 6.07 Å². The molecular weight excluding hydrogens is 321 g/mol. The predicted octanol–water partition coefficient (Wildman–Crippen LogP) is 3.43. The first-order valence-corrected chi connectivity index (χ1v) is 8.08. The van der Waals surface area contributed by atoms with Crippen molar-refractivity contribution < 1.29 is 13.9 Å². The van der Waals surface area contributed by atoms with E-state index in [0.717, 1.165) is 0 Å². The first-order chi connectivity index (χ1) is 12.0. The van der Waals surface area contributed by atoms with E-state index in [1.807, 2.05) is 31.1 Å². The lowest BCUT2D eigenvalue weighted by Crippen LogP contribution is -2.39. The van der Waals surface area contributed by atoms with Crippen LogP contribution in [0.5, 0.6) is 5.75 Å². The fourth-order valence-electron chi connectivity index (χ4n) is 2.35. The van der Waals surface area contributed by atoms with E-state index in [1.54, 1.807) is 42.3 Å². The smallest absolute Gasteiger partial charge is 0.322 e. The molecule has 0 aliphatic heterocycles. The molecule has 25 heavy (non-hydrogen) atoms. The van der Waals surface area contributed by atoms with E-state index in [2.05, 4.69) is 5.32 Å². The van der Waals surface area contributed by atoms with E-state index in [-0.39, 0.29) is 18.4 Å². The summed E-state index contributed by atoms with van der Waals surface area (Å²) in [6.07, 6.45) is 0. The molecule has 0 radical (unpaired) electrons. The summed E-state index contributed by atoms with van der Waals surface area (Å²) in [5.74, 6) is 0.261. The average Bonchev–Trinajstić information content (AvgIpc) is 2.60. The van der Waals surface area contributed by atoms with Crippen LogP contribution in [0.4, 0.5) is 14.9 Å². The number of methoxy groups -OCH3 is 1. The normalized spacial score (nSPS) is 10.6. The lowest BCUT2D eigenvalue weighted by Gasteiger charge is -2.25. The van der Waals surface area contributed by atoms with Crippen molar-refractivity contribution in [1.29, 1.82) is 0 Å². The van der Waals surface area contributed by atoms with Gasteiger partial charge in [-0.05, 0) is 32.3 Å². The number of halogens is 1. The summed E-state index contributed by atoms with van der Waals surface area (Å²) >= 11 is 0. The van der Waals surface area contributed by atoms with Gasteiger partial charge >= 0.3 is 6.03 Å². The van der Waals surface area contributed by atoms with Gasteiger partial charge in [0.1, 0.15) is 11.6 Å². The van der Waals surface area contributed by atoms with Crippen LogP contribution in [0.1, 0.15) is 5.56 Å². The zero-order valence-electron chi connectivity index (χ0n) is 14.8. The Labute approximate surface area is 148 Å². The first-order valence-electron chi connectivity index (χ1n) is 8.08. The van der Waals surface area contributed by atoms with E-state index in [4.69, 9.17) is 4.74 Å². The molecule has 0 aliphatic carbocycles. The number of benzene rings is 2. The van der Waals surface area contributed by atoms with Gasteiger partial charge in [-0.1, -0.05) is 30.3 Å². The molecule has 5 nitrogen and oxygen atoms in total. The number of urea groups is 1. The van der Waals surface area contributed by atoms with Crippen molar-refractivity contribution in [2.45, 2.75) is 6.54 Å². The summed E-state index contributed by atoms with van der Waals surface area (Å²) in [7, 11) is 5.41. The second kappa shape index (κ2) is 9.03. The Morgan fingerprint density at radius 3 is 2.44 bits per heavy atom. The summed E-state index contributed by atoms with van der Waals surface area (Å²) in [4.78, 5) is 16.3. The molecule has 2 amide bonds. The van der Waals surface area contributed by atoms with Gasteiger partial charge in [-0.25, -0.2) is 9.18 Å². The van der Waals surface area contributed by atoms with Crippen molar-refractivity contribution >= 4 is 11.7 Å². The number of carbonyl (C=O) groups excluding carboxylic acids is 1.